The van der Waals surface area contributed by atoms with Crippen LogP contribution >= 0.6 is 0 Å². The molecule has 4 heteroatoms. The summed E-state index contributed by atoms with van der Waals surface area (Å²) in [6, 6.07) is 7.98. The Morgan fingerprint density at radius 3 is 2.29 bits per heavy atom. The van der Waals surface area contributed by atoms with Crippen LogP contribution in [-0.2, 0) is 0 Å². The number of hydrogen-bond donors (Lipinski definition) is 1. The number of benzene rings is 1. The van der Waals surface area contributed by atoms with Crippen molar-refractivity contribution >= 4 is 5.82 Å². The molecule has 0 amide bonds. The Bertz CT molecular complexity index is 603. The first kappa shape index (κ1) is 15.3. The van der Waals surface area contributed by atoms with E-state index in [0.29, 0.717) is 5.88 Å². The van der Waals surface area contributed by atoms with Crippen LogP contribution in [0.1, 0.15) is 43.6 Å². The number of ether oxygens (including phenoxy) is 1. The van der Waals surface area contributed by atoms with Gasteiger partial charge in [-0.2, -0.15) is 4.98 Å². The third-order valence-electron chi connectivity index (χ3n) is 3.01. The van der Waals surface area contributed by atoms with Gasteiger partial charge in [-0.15, -0.1) is 0 Å². The molecule has 0 saturated carbocycles. The number of nitrogens with zero attached hydrogens (tertiary/aromatic N) is 2. The van der Waals surface area contributed by atoms with Gasteiger partial charge in [0.25, 0.3) is 0 Å². The predicted octanol–water partition coefficient (Wildman–Crippen LogP) is 4.44. The van der Waals surface area contributed by atoms with Gasteiger partial charge in [0.1, 0.15) is 17.4 Å². The number of rotatable bonds is 5. The minimum Gasteiger partial charge on any atom is -0.439 e. The van der Waals surface area contributed by atoms with Crippen LogP contribution < -0.4 is 10.1 Å². The van der Waals surface area contributed by atoms with Crippen molar-refractivity contribution in [3.05, 3.63) is 41.2 Å². The van der Waals surface area contributed by atoms with E-state index in [1.807, 2.05) is 25.1 Å². The molecule has 112 valence electrons. The molecule has 2 rings (SSSR count). The highest BCUT2D eigenvalue weighted by atomic mass is 16.5. The van der Waals surface area contributed by atoms with Crippen molar-refractivity contribution in [2.24, 2.45) is 0 Å². The fourth-order valence-electron chi connectivity index (χ4n) is 2.14. The van der Waals surface area contributed by atoms with Crippen LogP contribution in [0.2, 0.25) is 0 Å². The van der Waals surface area contributed by atoms with Gasteiger partial charge in [-0.25, -0.2) is 4.98 Å². The fraction of sp³-hybridized carbons (Fsp3) is 0.412. The number of nitrogens with one attached hydrogen (secondary N) is 1. The SMILES string of the molecule is CCNc1cc(Oc2cc(C)cc(C)c2)nc(C(C)C)n1. The van der Waals surface area contributed by atoms with Crippen molar-refractivity contribution in [2.45, 2.75) is 40.5 Å². The number of aryl methyl sites for hydroxylation is 2. The summed E-state index contributed by atoms with van der Waals surface area (Å²) < 4.78 is 5.93. The van der Waals surface area contributed by atoms with E-state index >= 15 is 0 Å². The van der Waals surface area contributed by atoms with Gasteiger partial charge in [-0.1, -0.05) is 19.9 Å². The Balaban J connectivity index is 2.33. The maximum absolute atomic E-state index is 5.93. The zero-order valence-electron chi connectivity index (χ0n) is 13.4. The highest BCUT2D eigenvalue weighted by molar-refractivity contribution is 5.41. The first-order valence-corrected chi connectivity index (χ1v) is 7.37. The molecule has 0 atom stereocenters. The molecule has 0 unspecified atom stereocenters. The second kappa shape index (κ2) is 6.57. The largest absolute Gasteiger partial charge is 0.439 e. The third-order valence-corrected chi connectivity index (χ3v) is 3.01. The molecule has 0 fully saturated rings. The van der Waals surface area contributed by atoms with Crippen LogP contribution in [0.25, 0.3) is 0 Å². The summed E-state index contributed by atoms with van der Waals surface area (Å²) in [6.45, 7) is 11.1. The number of hydrogen-bond acceptors (Lipinski definition) is 4. The normalized spacial score (nSPS) is 10.8. The van der Waals surface area contributed by atoms with Crippen molar-refractivity contribution in [3.63, 3.8) is 0 Å². The predicted molar refractivity (Wildman–Crippen MR) is 86.3 cm³/mol. The molecule has 0 aliphatic carbocycles. The smallest absolute Gasteiger partial charge is 0.224 e. The molecular formula is C17H23N3O. The average Bonchev–Trinajstić information content (AvgIpc) is 2.37. The van der Waals surface area contributed by atoms with E-state index in [2.05, 4.69) is 49.0 Å². The molecule has 1 aromatic heterocycles. The summed E-state index contributed by atoms with van der Waals surface area (Å²) in [6.07, 6.45) is 0. The van der Waals surface area contributed by atoms with Crippen LogP contribution in [-0.4, -0.2) is 16.5 Å². The lowest BCUT2D eigenvalue weighted by Gasteiger charge is -2.12. The van der Waals surface area contributed by atoms with Crippen LogP contribution in [0.4, 0.5) is 5.82 Å². The maximum Gasteiger partial charge on any atom is 0.224 e. The van der Waals surface area contributed by atoms with Crippen LogP contribution in [0.15, 0.2) is 24.3 Å². The fourth-order valence-corrected chi connectivity index (χ4v) is 2.14. The highest BCUT2D eigenvalue weighted by Crippen LogP contribution is 2.25. The van der Waals surface area contributed by atoms with E-state index in [1.165, 1.54) is 11.1 Å². The molecule has 1 aromatic carbocycles. The van der Waals surface area contributed by atoms with Crippen LogP contribution in [0.5, 0.6) is 11.6 Å². The zero-order valence-corrected chi connectivity index (χ0v) is 13.4. The molecule has 0 radical (unpaired) electrons. The topological polar surface area (TPSA) is 47.0 Å². The first-order valence-electron chi connectivity index (χ1n) is 7.37. The Hall–Kier alpha value is -2.10. The molecular weight excluding hydrogens is 262 g/mol. The van der Waals surface area contributed by atoms with E-state index < -0.39 is 0 Å². The summed E-state index contributed by atoms with van der Waals surface area (Å²) in [4.78, 5) is 8.99. The Morgan fingerprint density at radius 1 is 1.05 bits per heavy atom. The van der Waals surface area contributed by atoms with E-state index in [1.54, 1.807) is 0 Å². The van der Waals surface area contributed by atoms with E-state index in [9.17, 15) is 0 Å². The summed E-state index contributed by atoms with van der Waals surface area (Å²) in [5.41, 5.74) is 2.35. The van der Waals surface area contributed by atoms with E-state index in [-0.39, 0.29) is 5.92 Å². The Labute approximate surface area is 126 Å². The van der Waals surface area contributed by atoms with Gasteiger partial charge in [0.05, 0.1) is 0 Å². The Morgan fingerprint density at radius 2 is 1.71 bits per heavy atom. The lowest BCUT2D eigenvalue weighted by molar-refractivity contribution is 0.456. The minimum atomic E-state index is 0.255. The van der Waals surface area contributed by atoms with Crippen molar-refractivity contribution in [2.75, 3.05) is 11.9 Å². The summed E-state index contributed by atoms with van der Waals surface area (Å²) in [7, 11) is 0. The average molecular weight is 285 g/mol. The summed E-state index contributed by atoms with van der Waals surface area (Å²) >= 11 is 0. The van der Waals surface area contributed by atoms with Gasteiger partial charge in [-0.05, 0) is 44.0 Å². The van der Waals surface area contributed by atoms with Gasteiger partial charge < -0.3 is 10.1 Å². The van der Waals surface area contributed by atoms with Crippen molar-refractivity contribution < 1.29 is 4.74 Å². The second-order valence-corrected chi connectivity index (χ2v) is 5.56. The molecule has 0 aliphatic rings. The molecule has 2 aromatic rings. The van der Waals surface area contributed by atoms with Crippen LogP contribution in [0.3, 0.4) is 0 Å². The van der Waals surface area contributed by atoms with Crippen molar-refractivity contribution in [3.8, 4) is 11.6 Å². The van der Waals surface area contributed by atoms with Gasteiger partial charge in [0.15, 0.2) is 0 Å². The van der Waals surface area contributed by atoms with Crippen LogP contribution in [0, 0.1) is 13.8 Å². The van der Waals surface area contributed by atoms with Crippen molar-refractivity contribution in [1.29, 1.82) is 0 Å². The molecule has 0 spiro atoms. The lowest BCUT2D eigenvalue weighted by atomic mass is 10.1. The van der Waals surface area contributed by atoms with Gasteiger partial charge in [0, 0.05) is 18.5 Å². The van der Waals surface area contributed by atoms with Crippen molar-refractivity contribution in [1.82, 2.24) is 9.97 Å². The van der Waals surface area contributed by atoms with Gasteiger partial charge in [0.2, 0.25) is 5.88 Å². The molecule has 1 heterocycles. The lowest BCUT2D eigenvalue weighted by Crippen LogP contribution is -2.05. The molecule has 0 aliphatic heterocycles. The number of anilines is 1. The molecule has 4 nitrogen and oxygen atoms in total. The maximum atomic E-state index is 5.93. The van der Waals surface area contributed by atoms with E-state index in [4.69, 9.17) is 4.74 Å². The monoisotopic (exact) mass is 285 g/mol. The Kier molecular flexibility index (Phi) is 4.78. The second-order valence-electron chi connectivity index (χ2n) is 5.56. The van der Waals surface area contributed by atoms with Gasteiger partial charge >= 0.3 is 0 Å². The zero-order chi connectivity index (χ0) is 15.4. The third kappa shape index (κ3) is 4.18. The number of aromatic nitrogens is 2. The summed E-state index contributed by atoms with van der Waals surface area (Å²) in [5, 5.41) is 3.22. The molecule has 0 bridgehead atoms. The first-order chi connectivity index (χ1) is 9.97. The minimum absolute atomic E-state index is 0.255. The van der Waals surface area contributed by atoms with E-state index in [0.717, 1.165) is 23.9 Å². The standard InChI is InChI=1S/C17H23N3O/c1-6-18-15-10-16(20-17(19-15)11(2)3)21-14-8-12(4)7-13(5)9-14/h7-11H,6H2,1-5H3,(H,18,19,20). The molecule has 0 saturated heterocycles. The quantitative estimate of drug-likeness (QED) is 0.882. The summed E-state index contributed by atoms with van der Waals surface area (Å²) in [5.74, 6) is 3.23. The highest BCUT2D eigenvalue weighted by Gasteiger charge is 2.09. The molecule has 1 N–H and O–H groups in total. The molecule has 21 heavy (non-hydrogen) atoms. The van der Waals surface area contributed by atoms with Gasteiger partial charge in [-0.3, -0.25) is 0 Å².